The molecule has 0 radical (unpaired) electrons. The van der Waals surface area contributed by atoms with Gasteiger partial charge >= 0.3 is 5.97 Å². The van der Waals surface area contributed by atoms with Gasteiger partial charge in [-0.2, -0.15) is 0 Å². The fourth-order valence-electron chi connectivity index (χ4n) is 2.67. The first-order valence-corrected chi connectivity index (χ1v) is 6.96. The van der Waals surface area contributed by atoms with Crippen molar-refractivity contribution >= 4 is 11.7 Å². The summed E-state index contributed by atoms with van der Waals surface area (Å²) in [6.45, 7) is 2.11. The number of carbonyl (C=O) groups excluding carboxylic acids is 1. The molecule has 3 nitrogen and oxygen atoms in total. The van der Waals surface area contributed by atoms with Crippen LogP contribution in [0.15, 0.2) is 12.1 Å². The maximum Gasteiger partial charge on any atom is 0.340 e. The Morgan fingerprint density at radius 2 is 2.05 bits per heavy atom. The highest BCUT2D eigenvalue weighted by Crippen LogP contribution is 2.29. The highest BCUT2D eigenvalue weighted by atomic mass is 19.2. The summed E-state index contributed by atoms with van der Waals surface area (Å²) in [6, 6.07) is 1.61. The molecule has 0 aliphatic heterocycles. The summed E-state index contributed by atoms with van der Waals surface area (Å²) in [4.78, 5) is 12.0. The van der Waals surface area contributed by atoms with Crippen LogP contribution in [0.2, 0.25) is 0 Å². The summed E-state index contributed by atoms with van der Waals surface area (Å²) in [7, 11) is 0. The van der Waals surface area contributed by atoms with Crippen molar-refractivity contribution in [3.8, 4) is 0 Å². The van der Waals surface area contributed by atoms with Crippen LogP contribution in [-0.4, -0.2) is 12.1 Å². The second-order valence-corrected chi connectivity index (χ2v) is 5.32. The zero-order valence-corrected chi connectivity index (χ0v) is 11.5. The van der Waals surface area contributed by atoms with E-state index in [0.717, 1.165) is 44.2 Å². The van der Waals surface area contributed by atoms with Crippen LogP contribution in [0.25, 0.3) is 0 Å². The number of nitrogen functional groups attached to an aromatic ring is 1. The van der Waals surface area contributed by atoms with Gasteiger partial charge in [0, 0.05) is 11.8 Å². The molecule has 0 amide bonds. The molecule has 0 bridgehead atoms. The number of hydrogen-bond donors (Lipinski definition) is 1. The van der Waals surface area contributed by atoms with Gasteiger partial charge in [-0.3, -0.25) is 0 Å². The third-order valence-corrected chi connectivity index (χ3v) is 3.90. The fraction of sp³-hybridized carbons (Fsp3) is 0.533. The number of benzene rings is 1. The third-order valence-electron chi connectivity index (χ3n) is 3.90. The van der Waals surface area contributed by atoms with E-state index in [1.165, 1.54) is 0 Å². The average Bonchev–Trinajstić information content (AvgIpc) is 2.43. The molecule has 1 fully saturated rings. The topological polar surface area (TPSA) is 52.3 Å². The number of nitrogens with two attached hydrogens (primary N) is 1. The molecule has 2 unspecified atom stereocenters. The molecule has 1 aromatic rings. The lowest BCUT2D eigenvalue weighted by Gasteiger charge is -2.28. The largest absolute Gasteiger partial charge is 0.459 e. The highest BCUT2D eigenvalue weighted by Gasteiger charge is 2.25. The Labute approximate surface area is 117 Å². The molecule has 0 spiro atoms. The van der Waals surface area contributed by atoms with Crippen molar-refractivity contribution in [2.75, 3.05) is 5.73 Å². The predicted octanol–water partition coefficient (Wildman–Crippen LogP) is 3.67. The number of anilines is 1. The summed E-state index contributed by atoms with van der Waals surface area (Å²) < 4.78 is 31.5. The highest BCUT2D eigenvalue weighted by molar-refractivity contribution is 5.95. The van der Waals surface area contributed by atoms with Crippen molar-refractivity contribution in [1.29, 1.82) is 0 Å². The van der Waals surface area contributed by atoms with Crippen molar-refractivity contribution in [2.45, 2.75) is 45.1 Å². The lowest BCUT2D eigenvalue weighted by molar-refractivity contribution is 0.0140. The van der Waals surface area contributed by atoms with Crippen LogP contribution in [0.1, 0.15) is 49.4 Å². The Balaban J connectivity index is 2.06. The molecule has 1 aliphatic carbocycles. The molecule has 1 saturated carbocycles. The van der Waals surface area contributed by atoms with Crippen LogP contribution < -0.4 is 5.73 Å². The van der Waals surface area contributed by atoms with E-state index in [2.05, 4.69) is 6.92 Å². The predicted molar refractivity (Wildman–Crippen MR) is 72.2 cm³/mol. The maximum absolute atomic E-state index is 13.2. The molecule has 110 valence electrons. The number of hydrogen-bond acceptors (Lipinski definition) is 3. The van der Waals surface area contributed by atoms with E-state index in [0.29, 0.717) is 5.92 Å². The molecule has 2 N–H and O–H groups in total. The van der Waals surface area contributed by atoms with Gasteiger partial charge < -0.3 is 10.5 Å². The van der Waals surface area contributed by atoms with E-state index in [1.807, 2.05) is 0 Å². The summed E-state index contributed by atoms with van der Waals surface area (Å²) in [6.07, 6.45) is 4.70. The van der Waals surface area contributed by atoms with Gasteiger partial charge in [-0.1, -0.05) is 19.8 Å². The second kappa shape index (κ2) is 6.20. The van der Waals surface area contributed by atoms with E-state index < -0.39 is 17.6 Å². The summed E-state index contributed by atoms with van der Waals surface area (Å²) >= 11 is 0. The number of carbonyl (C=O) groups is 1. The van der Waals surface area contributed by atoms with Crippen molar-refractivity contribution < 1.29 is 18.3 Å². The molecule has 1 aliphatic rings. The maximum atomic E-state index is 13.2. The van der Waals surface area contributed by atoms with Crippen LogP contribution >= 0.6 is 0 Å². The van der Waals surface area contributed by atoms with Crippen LogP contribution in [0, 0.1) is 17.6 Å². The molecule has 0 saturated heterocycles. The Morgan fingerprint density at radius 3 is 2.75 bits per heavy atom. The molecular weight excluding hydrogens is 264 g/mol. The summed E-state index contributed by atoms with van der Waals surface area (Å²) in [5.41, 5.74) is 5.33. The lowest BCUT2D eigenvalue weighted by Crippen LogP contribution is -2.26. The monoisotopic (exact) mass is 283 g/mol. The average molecular weight is 283 g/mol. The Kier molecular flexibility index (Phi) is 4.57. The molecule has 0 aromatic heterocycles. The first-order chi connectivity index (χ1) is 9.51. The van der Waals surface area contributed by atoms with Crippen molar-refractivity contribution in [2.24, 2.45) is 5.92 Å². The Morgan fingerprint density at radius 1 is 1.35 bits per heavy atom. The first-order valence-electron chi connectivity index (χ1n) is 6.96. The van der Waals surface area contributed by atoms with Gasteiger partial charge in [0.1, 0.15) is 6.10 Å². The first kappa shape index (κ1) is 14.8. The lowest BCUT2D eigenvalue weighted by atomic mass is 9.85. The standard InChI is InChI=1S/C15H19F2NO2/c1-2-9-4-3-5-10(6-9)20-15(19)11-7-12(16)13(17)8-14(11)18/h7-10H,2-6,18H2,1H3. The quantitative estimate of drug-likeness (QED) is 0.680. The van der Waals surface area contributed by atoms with Gasteiger partial charge in [0.25, 0.3) is 0 Å². The van der Waals surface area contributed by atoms with Crippen LogP contribution in [0.4, 0.5) is 14.5 Å². The van der Waals surface area contributed by atoms with Crippen molar-refractivity contribution in [1.82, 2.24) is 0 Å². The number of ether oxygens (including phenoxy) is 1. The van der Waals surface area contributed by atoms with E-state index in [4.69, 9.17) is 10.5 Å². The molecular formula is C15H19F2NO2. The number of rotatable bonds is 3. The minimum absolute atomic E-state index is 0.100. The van der Waals surface area contributed by atoms with Crippen LogP contribution in [0.3, 0.4) is 0 Å². The van der Waals surface area contributed by atoms with Gasteiger partial charge in [-0.05, 0) is 31.2 Å². The Hall–Kier alpha value is -1.65. The van der Waals surface area contributed by atoms with E-state index in [9.17, 15) is 13.6 Å². The SMILES string of the molecule is CCC1CCCC(OC(=O)c2cc(F)c(F)cc2N)C1. The second-order valence-electron chi connectivity index (χ2n) is 5.32. The van der Waals surface area contributed by atoms with Gasteiger partial charge in [0.15, 0.2) is 11.6 Å². The normalized spacial score (nSPS) is 22.6. The molecule has 2 rings (SSSR count). The van der Waals surface area contributed by atoms with Crippen molar-refractivity contribution in [3.63, 3.8) is 0 Å². The van der Waals surface area contributed by atoms with E-state index in [-0.39, 0.29) is 17.4 Å². The minimum Gasteiger partial charge on any atom is -0.459 e. The zero-order chi connectivity index (χ0) is 14.7. The number of esters is 1. The molecule has 1 aromatic carbocycles. The third kappa shape index (κ3) is 3.26. The van der Waals surface area contributed by atoms with E-state index >= 15 is 0 Å². The zero-order valence-electron chi connectivity index (χ0n) is 11.5. The van der Waals surface area contributed by atoms with Crippen molar-refractivity contribution in [3.05, 3.63) is 29.3 Å². The number of halogens is 2. The molecule has 20 heavy (non-hydrogen) atoms. The summed E-state index contributed by atoms with van der Waals surface area (Å²) in [5.74, 6) is -2.28. The van der Waals surface area contributed by atoms with Gasteiger partial charge in [0.05, 0.1) is 5.56 Å². The Bertz CT molecular complexity index is 505. The van der Waals surface area contributed by atoms with E-state index in [1.54, 1.807) is 0 Å². The van der Waals surface area contributed by atoms with Crippen LogP contribution in [-0.2, 0) is 4.74 Å². The molecule has 0 heterocycles. The van der Waals surface area contributed by atoms with Gasteiger partial charge in [-0.15, -0.1) is 0 Å². The van der Waals surface area contributed by atoms with Gasteiger partial charge in [-0.25, -0.2) is 13.6 Å². The molecule has 5 heteroatoms. The fourth-order valence-corrected chi connectivity index (χ4v) is 2.67. The minimum atomic E-state index is -1.10. The molecule has 2 atom stereocenters. The smallest absolute Gasteiger partial charge is 0.340 e. The van der Waals surface area contributed by atoms with Crippen LogP contribution in [0.5, 0.6) is 0 Å². The van der Waals surface area contributed by atoms with Gasteiger partial charge in [0.2, 0.25) is 0 Å². The summed E-state index contributed by atoms with van der Waals surface area (Å²) in [5, 5.41) is 0.